The Kier molecular flexibility index (Phi) is 5.89. The van der Waals surface area contributed by atoms with Crippen LogP contribution < -0.4 is 10.1 Å². The molecule has 0 unspecified atom stereocenters. The molecule has 0 aliphatic heterocycles. The van der Waals surface area contributed by atoms with E-state index in [0.29, 0.717) is 11.4 Å². The van der Waals surface area contributed by atoms with Crippen molar-refractivity contribution in [1.29, 1.82) is 0 Å². The molecule has 6 heteroatoms. The Bertz CT molecular complexity index is 715. The van der Waals surface area contributed by atoms with E-state index in [1.165, 1.54) is 24.3 Å². The average molecular weight is 331 g/mol. The van der Waals surface area contributed by atoms with Gasteiger partial charge in [0.25, 0.3) is 5.91 Å². The summed E-state index contributed by atoms with van der Waals surface area (Å²) in [7, 11) is 0. The molecule has 0 saturated carbocycles. The van der Waals surface area contributed by atoms with Gasteiger partial charge in [-0.2, -0.15) is 0 Å². The summed E-state index contributed by atoms with van der Waals surface area (Å²) in [5.74, 6) is -1.01. The number of nitrogens with one attached hydrogen (secondary N) is 1. The fourth-order valence-electron chi connectivity index (χ4n) is 1.93. The third-order valence-electron chi connectivity index (χ3n) is 3.11. The summed E-state index contributed by atoms with van der Waals surface area (Å²) in [5.41, 5.74) is 1.42. The fourth-order valence-corrected chi connectivity index (χ4v) is 1.93. The van der Waals surface area contributed by atoms with Gasteiger partial charge in [0.1, 0.15) is 11.6 Å². The molecule has 0 aliphatic carbocycles. The number of hydrogen-bond donors (Lipinski definition) is 1. The minimum Gasteiger partial charge on any atom is -0.479 e. The summed E-state index contributed by atoms with van der Waals surface area (Å²) >= 11 is 0. The second-order valence-electron chi connectivity index (χ2n) is 5.24. The van der Waals surface area contributed by atoms with Crippen LogP contribution in [0.4, 0.5) is 10.1 Å². The van der Waals surface area contributed by atoms with Crippen molar-refractivity contribution in [3.63, 3.8) is 0 Å². The standard InChI is InChI=1S/C18H18FNO4/c1-12-4-3-5-16(10-12)24-13(2)18(22)23-11-17(21)20-15-8-6-14(19)7-9-15/h3-10,13H,11H2,1-2H3,(H,20,21)/t13-/m1/s1. The van der Waals surface area contributed by atoms with Crippen molar-refractivity contribution < 1.29 is 23.5 Å². The number of halogens is 1. The lowest BCUT2D eigenvalue weighted by Crippen LogP contribution is -2.29. The van der Waals surface area contributed by atoms with Gasteiger partial charge in [0.05, 0.1) is 0 Å². The maximum Gasteiger partial charge on any atom is 0.347 e. The van der Waals surface area contributed by atoms with E-state index in [9.17, 15) is 14.0 Å². The molecule has 0 radical (unpaired) electrons. The number of anilines is 1. The first-order valence-corrected chi connectivity index (χ1v) is 7.39. The van der Waals surface area contributed by atoms with Crippen LogP contribution in [0.25, 0.3) is 0 Å². The minimum atomic E-state index is -0.842. The topological polar surface area (TPSA) is 64.6 Å². The lowest BCUT2D eigenvalue weighted by molar-refractivity contribution is -0.153. The number of ether oxygens (including phenoxy) is 2. The SMILES string of the molecule is Cc1cccc(O[C@H](C)C(=O)OCC(=O)Nc2ccc(F)cc2)c1. The van der Waals surface area contributed by atoms with Crippen LogP contribution in [0.1, 0.15) is 12.5 Å². The maximum atomic E-state index is 12.8. The first-order chi connectivity index (χ1) is 11.4. The number of carbonyl (C=O) groups excluding carboxylic acids is 2. The summed E-state index contributed by atoms with van der Waals surface area (Å²) in [5, 5.41) is 2.50. The van der Waals surface area contributed by atoms with Crippen molar-refractivity contribution in [2.45, 2.75) is 20.0 Å². The molecule has 0 fully saturated rings. The van der Waals surface area contributed by atoms with Crippen LogP contribution >= 0.6 is 0 Å². The number of rotatable bonds is 6. The van der Waals surface area contributed by atoms with Crippen LogP contribution in [-0.4, -0.2) is 24.6 Å². The molecule has 2 aromatic rings. The lowest BCUT2D eigenvalue weighted by Gasteiger charge is -2.14. The van der Waals surface area contributed by atoms with Crippen LogP contribution in [0.15, 0.2) is 48.5 Å². The van der Waals surface area contributed by atoms with E-state index in [4.69, 9.17) is 9.47 Å². The van der Waals surface area contributed by atoms with E-state index in [-0.39, 0.29) is 0 Å². The van der Waals surface area contributed by atoms with Crippen molar-refractivity contribution in [2.24, 2.45) is 0 Å². The molecule has 1 amide bonds. The summed E-state index contributed by atoms with van der Waals surface area (Å²) in [6, 6.07) is 12.5. The predicted octanol–water partition coefficient (Wildman–Crippen LogP) is 3.08. The van der Waals surface area contributed by atoms with Crippen LogP contribution in [-0.2, 0) is 14.3 Å². The van der Waals surface area contributed by atoms with Crippen LogP contribution in [0.3, 0.4) is 0 Å². The molecular weight excluding hydrogens is 313 g/mol. The predicted molar refractivity (Wildman–Crippen MR) is 87.3 cm³/mol. The normalized spacial score (nSPS) is 11.5. The van der Waals surface area contributed by atoms with Gasteiger partial charge >= 0.3 is 5.97 Å². The number of amides is 1. The Morgan fingerprint density at radius 1 is 1.17 bits per heavy atom. The molecule has 0 aromatic heterocycles. The van der Waals surface area contributed by atoms with Crippen molar-refractivity contribution in [3.8, 4) is 5.75 Å². The van der Waals surface area contributed by atoms with E-state index >= 15 is 0 Å². The molecule has 126 valence electrons. The minimum absolute atomic E-state index is 0.401. The zero-order chi connectivity index (χ0) is 17.5. The monoisotopic (exact) mass is 331 g/mol. The van der Waals surface area contributed by atoms with Crippen LogP contribution in [0, 0.1) is 12.7 Å². The molecular formula is C18H18FNO4. The fraction of sp³-hybridized carbons (Fsp3) is 0.222. The zero-order valence-electron chi connectivity index (χ0n) is 13.4. The first kappa shape index (κ1) is 17.5. The quantitative estimate of drug-likeness (QED) is 0.826. The van der Waals surface area contributed by atoms with Gasteiger partial charge in [-0.3, -0.25) is 4.79 Å². The molecule has 1 N–H and O–H groups in total. The van der Waals surface area contributed by atoms with Gasteiger partial charge in [0.15, 0.2) is 12.7 Å². The smallest absolute Gasteiger partial charge is 0.347 e. The van der Waals surface area contributed by atoms with E-state index in [1.54, 1.807) is 19.1 Å². The average Bonchev–Trinajstić information content (AvgIpc) is 2.54. The van der Waals surface area contributed by atoms with Gasteiger partial charge < -0.3 is 14.8 Å². The highest BCUT2D eigenvalue weighted by molar-refractivity contribution is 5.93. The molecule has 0 spiro atoms. The van der Waals surface area contributed by atoms with Gasteiger partial charge in [0, 0.05) is 5.69 Å². The number of esters is 1. The van der Waals surface area contributed by atoms with Crippen LogP contribution in [0.2, 0.25) is 0 Å². The van der Waals surface area contributed by atoms with E-state index in [0.717, 1.165) is 5.56 Å². The molecule has 0 saturated heterocycles. The van der Waals surface area contributed by atoms with E-state index in [1.807, 2.05) is 19.1 Å². The van der Waals surface area contributed by atoms with Crippen molar-refractivity contribution in [1.82, 2.24) is 0 Å². The lowest BCUT2D eigenvalue weighted by atomic mass is 10.2. The molecule has 2 aromatic carbocycles. The molecule has 5 nitrogen and oxygen atoms in total. The Labute approximate surface area is 139 Å². The number of carbonyl (C=O) groups is 2. The third-order valence-corrected chi connectivity index (χ3v) is 3.11. The number of hydrogen-bond acceptors (Lipinski definition) is 4. The van der Waals surface area contributed by atoms with E-state index < -0.39 is 30.4 Å². The second kappa shape index (κ2) is 8.10. The highest BCUT2D eigenvalue weighted by Crippen LogP contribution is 2.14. The van der Waals surface area contributed by atoms with Crippen LogP contribution in [0.5, 0.6) is 5.75 Å². The first-order valence-electron chi connectivity index (χ1n) is 7.39. The molecule has 0 aliphatic rings. The molecule has 0 bridgehead atoms. The maximum absolute atomic E-state index is 12.8. The highest BCUT2D eigenvalue weighted by Gasteiger charge is 2.18. The Balaban J connectivity index is 1.79. The summed E-state index contributed by atoms with van der Waals surface area (Å²) in [6.45, 7) is 3.01. The third kappa shape index (κ3) is 5.39. The second-order valence-corrected chi connectivity index (χ2v) is 5.24. The van der Waals surface area contributed by atoms with Gasteiger partial charge in [-0.1, -0.05) is 12.1 Å². The summed E-state index contributed by atoms with van der Waals surface area (Å²) in [4.78, 5) is 23.6. The number of aryl methyl sites for hydroxylation is 1. The van der Waals surface area contributed by atoms with Gasteiger partial charge in [-0.25, -0.2) is 9.18 Å². The Morgan fingerprint density at radius 2 is 1.88 bits per heavy atom. The van der Waals surface area contributed by atoms with Crippen molar-refractivity contribution in [2.75, 3.05) is 11.9 Å². The zero-order valence-corrected chi connectivity index (χ0v) is 13.4. The molecule has 2 rings (SSSR count). The molecule has 24 heavy (non-hydrogen) atoms. The van der Waals surface area contributed by atoms with Crippen molar-refractivity contribution >= 4 is 17.6 Å². The van der Waals surface area contributed by atoms with E-state index in [2.05, 4.69) is 5.32 Å². The summed E-state index contributed by atoms with van der Waals surface area (Å²) in [6.07, 6.45) is -0.842. The largest absolute Gasteiger partial charge is 0.479 e. The van der Waals surface area contributed by atoms with Gasteiger partial charge in [-0.05, 0) is 55.8 Å². The van der Waals surface area contributed by atoms with Gasteiger partial charge in [-0.15, -0.1) is 0 Å². The Hall–Kier alpha value is -2.89. The van der Waals surface area contributed by atoms with Gasteiger partial charge in [0.2, 0.25) is 0 Å². The van der Waals surface area contributed by atoms with Crippen molar-refractivity contribution in [3.05, 3.63) is 59.9 Å². The Morgan fingerprint density at radius 3 is 2.54 bits per heavy atom. The number of benzene rings is 2. The molecule has 1 atom stereocenters. The summed E-state index contributed by atoms with van der Waals surface area (Å²) < 4.78 is 23.2. The molecule has 0 heterocycles. The highest BCUT2D eigenvalue weighted by atomic mass is 19.1.